The number of rotatable bonds is 4. The number of thiophene rings is 1. The van der Waals surface area contributed by atoms with E-state index in [4.69, 9.17) is 16.7 Å². The highest BCUT2D eigenvalue weighted by Crippen LogP contribution is 2.29. The minimum Gasteiger partial charge on any atom is -0.478 e. The van der Waals surface area contributed by atoms with Gasteiger partial charge in [-0.2, -0.15) is 0 Å². The molecular formula is C14H12ClNO3S. The van der Waals surface area contributed by atoms with E-state index in [1.165, 1.54) is 17.4 Å². The van der Waals surface area contributed by atoms with Crippen LogP contribution in [0.2, 0.25) is 5.02 Å². The summed E-state index contributed by atoms with van der Waals surface area (Å²) < 4.78 is 0. The highest BCUT2D eigenvalue weighted by molar-refractivity contribution is 7.16. The van der Waals surface area contributed by atoms with Crippen LogP contribution in [-0.2, 0) is 6.42 Å². The van der Waals surface area contributed by atoms with Crippen molar-refractivity contribution < 1.29 is 14.7 Å². The Morgan fingerprint density at radius 3 is 2.70 bits per heavy atom. The molecule has 1 heterocycles. The van der Waals surface area contributed by atoms with Gasteiger partial charge in [-0.15, -0.1) is 11.3 Å². The second-order valence-electron chi connectivity index (χ2n) is 4.08. The summed E-state index contributed by atoms with van der Waals surface area (Å²) >= 11 is 7.10. The first kappa shape index (κ1) is 14.6. The van der Waals surface area contributed by atoms with E-state index < -0.39 is 5.97 Å². The lowest BCUT2D eigenvalue weighted by molar-refractivity contribution is 0.0698. The van der Waals surface area contributed by atoms with E-state index in [2.05, 4.69) is 5.32 Å². The van der Waals surface area contributed by atoms with Crippen molar-refractivity contribution in [1.29, 1.82) is 0 Å². The lowest BCUT2D eigenvalue weighted by atomic mass is 10.2. The molecule has 2 aromatic rings. The van der Waals surface area contributed by atoms with Gasteiger partial charge in [-0.05, 0) is 30.7 Å². The fourth-order valence-corrected chi connectivity index (χ4v) is 2.85. The van der Waals surface area contributed by atoms with Crippen LogP contribution in [0.25, 0.3) is 0 Å². The number of hydrogen-bond donors (Lipinski definition) is 2. The molecule has 1 aromatic heterocycles. The summed E-state index contributed by atoms with van der Waals surface area (Å²) in [5.74, 6) is -1.43. The lowest BCUT2D eigenvalue weighted by Gasteiger charge is -2.04. The van der Waals surface area contributed by atoms with Gasteiger partial charge in [-0.25, -0.2) is 4.79 Å². The number of nitrogens with one attached hydrogen (secondary N) is 1. The summed E-state index contributed by atoms with van der Waals surface area (Å²) in [6.45, 7) is 1.93. The molecule has 2 rings (SSSR count). The molecule has 0 spiro atoms. The maximum atomic E-state index is 12.1. The van der Waals surface area contributed by atoms with Gasteiger partial charge in [0.15, 0.2) is 0 Å². The molecule has 20 heavy (non-hydrogen) atoms. The van der Waals surface area contributed by atoms with Crippen molar-refractivity contribution in [3.63, 3.8) is 0 Å². The molecule has 0 aliphatic heterocycles. The van der Waals surface area contributed by atoms with Crippen LogP contribution in [-0.4, -0.2) is 17.0 Å². The number of halogens is 1. The Morgan fingerprint density at radius 1 is 1.35 bits per heavy atom. The third-order valence-electron chi connectivity index (χ3n) is 2.68. The van der Waals surface area contributed by atoms with Gasteiger partial charge in [-0.3, -0.25) is 4.79 Å². The minimum atomic E-state index is -1.05. The molecule has 1 amide bonds. The van der Waals surface area contributed by atoms with Gasteiger partial charge in [0, 0.05) is 15.5 Å². The second-order valence-corrected chi connectivity index (χ2v) is 5.65. The monoisotopic (exact) mass is 309 g/mol. The molecule has 0 radical (unpaired) electrons. The van der Waals surface area contributed by atoms with Crippen molar-refractivity contribution in [2.75, 3.05) is 5.32 Å². The molecule has 1 aromatic carbocycles. The topological polar surface area (TPSA) is 66.4 Å². The Bertz CT molecular complexity index is 666. The van der Waals surface area contributed by atoms with Crippen molar-refractivity contribution >= 4 is 39.8 Å². The first-order valence-corrected chi connectivity index (χ1v) is 7.13. The van der Waals surface area contributed by atoms with Crippen molar-refractivity contribution in [2.45, 2.75) is 13.3 Å². The van der Waals surface area contributed by atoms with Crippen LogP contribution in [0.5, 0.6) is 0 Å². The van der Waals surface area contributed by atoms with E-state index in [0.717, 1.165) is 11.3 Å². The van der Waals surface area contributed by atoms with Crippen LogP contribution in [0.15, 0.2) is 30.3 Å². The SMILES string of the molecule is CCc1cc(C(=O)O)c(NC(=O)c2cccc(Cl)c2)s1. The number of aryl methyl sites for hydroxylation is 1. The van der Waals surface area contributed by atoms with E-state index in [0.29, 0.717) is 15.6 Å². The number of carbonyl (C=O) groups excluding carboxylic acids is 1. The summed E-state index contributed by atoms with van der Waals surface area (Å²) in [7, 11) is 0. The number of anilines is 1. The van der Waals surface area contributed by atoms with Crippen LogP contribution in [0.1, 0.15) is 32.5 Å². The summed E-state index contributed by atoms with van der Waals surface area (Å²) in [6.07, 6.45) is 0.720. The molecule has 0 saturated carbocycles. The first-order valence-electron chi connectivity index (χ1n) is 5.94. The number of carbonyl (C=O) groups is 2. The first-order chi connectivity index (χ1) is 9.51. The van der Waals surface area contributed by atoms with E-state index in [-0.39, 0.29) is 11.5 Å². The van der Waals surface area contributed by atoms with Gasteiger partial charge in [-0.1, -0.05) is 24.6 Å². The third-order valence-corrected chi connectivity index (χ3v) is 4.11. The normalized spacial score (nSPS) is 10.3. The Labute approximate surface area is 125 Å². The average Bonchev–Trinajstić information content (AvgIpc) is 2.82. The molecule has 0 saturated heterocycles. The number of amides is 1. The van der Waals surface area contributed by atoms with Gasteiger partial charge in [0.05, 0.1) is 5.56 Å². The van der Waals surface area contributed by atoms with Crippen LogP contribution < -0.4 is 5.32 Å². The Hall–Kier alpha value is -1.85. The summed E-state index contributed by atoms with van der Waals surface area (Å²) in [4.78, 5) is 24.1. The fourth-order valence-electron chi connectivity index (χ4n) is 1.67. The fraction of sp³-hybridized carbons (Fsp3) is 0.143. The maximum absolute atomic E-state index is 12.1. The van der Waals surface area contributed by atoms with Crippen molar-refractivity contribution in [3.8, 4) is 0 Å². The van der Waals surface area contributed by atoms with E-state index in [1.54, 1.807) is 24.3 Å². The van der Waals surface area contributed by atoms with Crippen molar-refractivity contribution in [2.24, 2.45) is 0 Å². The smallest absolute Gasteiger partial charge is 0.338 e. The second kappa shape index (κ2) is 6.07. The number of aromatic carboxylic acids is 1. The van der Waals surface area contributed by atoms with Gasteiger partial charge < -0.3 is 10.4 Å². The van der Waals surface area contributed by atoms with E-state index >= 15 is 0 Å². The summed E-state index contributed by atoms with van der Waals surface area (Å²) in [6, 6.07) is 8.07. The van der Waals surface area contributed by atoms with Crippen LogP contribution in [0, 0.1) is 0 Å². The molecule has 4 nitrogen and oxygen atoms in total. The number of carboxylic acids is 1. The Balaban J connectivity index is 2.27. The molecule has 0 aliphatic rings. The highest BCUT2D eigenvalue weighted by Gasteiger charge is 2.17. The molecular weight excluding hydrogens is 298 g/mol. The standard InChI is InChI=1S/C14H12ClNO3S/c1-2-10-7-11(14(18)19)13(20-10)16-12(17)8-4-3-5-9(15)6-8/h3-7H,2H2,1H3,(H,16,17)(H,18,19). The molecule has 0 aliphatic carbocycles. The summed E-state index contributed by atoms with van der Waals surface area (Å²) in [5, 5.41) is 12.6. The van der Waals surface area contributed by atoms with Crippen molar-refractivity contribution in [1.82, 2.24) is 0 Å². The zero-order valence-corrected chi connectivity index (χ0v) is 12.2. The Kier molecular flexibility index (Phi) is 4.42. The quantitative estimate of drug-likeness (QED) is 0.899. The zero-order valence-electron chi connectivity index (χ0n) is 10.6. The molecule has 2 N–H and O–H groups in total. The average molecular weight is 310 g/mol. The van der Waals surface area contributed by atoms with E-state index in [1.807, 2.05) is 6.92 Å². The summed E-state index contributed by atoms with van der Waals surface area (Å²) in [5.41, 5.74) is 0.502. The minimum absolute atomic E-state index is 0.113. The number of benzene rings is 1. The molecule has 0 unspecified atom stereocenters. The van der Waals surface area contributed by atoms with Crippen LogP contribution in [0.4, 0.5) is 5.00 Å². The molecule has 0 atom stereocenters. The van der Waals surface area contributed by atoms with Gasteiger partial charge in [0.2, 0.25) is 0 Å². The number of carboxylic acid groups (broad SMARTS) is 1. The third kappa shape index (κ3) is 3.18. The van der Waals surface area contributed by atoms with Crippen LogP contribution >= 0.6 is 22.9 Å². The zero-order chi connectivity index (χ0) is 14.7. The van der Waals surface area contributed by atoms with Crippen LogP contribution in [0.3, 0.4) is 0 Å². The highest BCUT2D eigenvalue weighted by atomic mass is 35.5. The van der Waals surface area contributed by atoms with Crippen molar-refractivity contribution in [3.05, 3.63) is 51.4 Å². The van der Waals surface area contributed by atoms with Gasteiger partial charge in [0.1, 0.15) is 5.00 Å². The number of hydrogen-bond acceptors (Lipinski definition) is 3. The molecule has 0 fully saturated rings. The van der Waals surface area contributed by atoms with E-state index in [9.17, 15) is 9.59 Å². The lowest BCUT2D eigenvalue weighted by Crippen LogP contribution is -2.13. The Morgan fingerprint density at radius 2 is 2.10 bits per heavy atom. The molecule has 104 valence electrons. The van der Waals surface area contributed by atoms with Gasteiger partial charge >= 0.3 is 5.97 Å². The molecule has 6 heteroatoms. The predicted molar refractivity (Wildman–Crippen MR) is 80.1 cm³/mol. The predicted octanol–water partition coefficient (Wildman–Crippen LogP) is 3.91. The molecule has 0 bridgehead atoms. The maximum Gasteiger partial charge on any atom is 0.338 e. The van der Waals surface area contributed by atoms with Gasteiger partial charge in [0.25, 0.3) is 5.91 Å². The largest absolute Gasteiger partial charge is 0.478 e.